The number of carbonyl (C=O) groups excluding carboxylic acids is 1. The highest BCUT2D eigenvalue weighted by molar-refractivity contribution is 9.10. The third kappa shape index (κ3) is 2.98. The van der Waals surface area contributed by atoms with Crippen LogP contribution >= 0.6 is 15.9 Å². The third-order valence-corrected chi connectivity index (χ3v) is 3.87. The Balaban J connectivity index is 1.92. The standard InChI is InChI=1S/C18H13BrO2/c1-12-8-17(7-4-15(12)11-20)21-18-6-3-13-9-16(19)5-2-14(13)10-18/h2-11H,1H3. The monoisotopic (exact) mass is 340 g/mol. The number of benzene rings is 3. The number of halogens is 1. The van der Waals surface area contributed by atoms with Gasteiger partial charge >= 0.3 is 0 Å². The van der Waals surface area contributed by atoms with Crippen LogP contribution in [-0.4, -0.2) is 6.29 Å². The van der Waals surface area contributed by atoms with Crippen molar-refractivity contribution in [2.45, 2.75) is 6.92 Å². The van der Waals surface area contributed by atoms with Crippen LogP contribution in [0.4, 0.5) is 0 Å². The van der Waals surface area contributed by atoms with Gasteiger partial charge in [-0.15, -0.1) is 0 Å². The molecule has 21 heavy (non-hydrogen) atoms. The average Bonchev–Trinajstić information content (AvgIpc) is 2.48. The minimum absolute atomic E-state index is 0.686. The van der Waals surface area contributed by atoms with E-state index in [1.807, 2.05) is 49.4 Å². The number of hydrogen-bond donors (Lipinski definition) is 0. The molecule has 0 unspecified atom stereocenters. The van der Waals surface area contributed by atoms with Gasteiger partial charge in [-0.05, 0) is 65.7 Å². The van der Waals surface area contributed by atoms with E-state index in [-0.39, 0.29) is 0 Å². The van der Waals surface area contributed by atoms with Crippen molar-refractivity contribution >= 4 is 33.0 Å². The summed E-state index contributed by atoms with van der Waals surface area (Å²) in [5, 5.41) is 2.28. The summed E-state index contributed by atoms with van der Waals surface area (Å²) in [5.41, 5.74) is 1.60. The second-order valence-electron chi connectivity index (χ2n) is 4.89. The summed E-state index contributed by atoms with van der Waals surface area (Å²) in [6.07, 6.45) is 0.854. The maximum atomic E-state index is 10.8. The van der Waals surface area contributed by atoms with Crippen LogP contribution in [0.3, 0.4) is 0 Å². The molecule has 0 aliphatic heterocycles. The van der Waals surface area contributed by atoms with Crippen molar-refractivity contribution in [3.05, 3.63) is 70.2 Å². The maximum absolute atomic E-state index is 10.8. The van der Waals surface area contributed by atoms with Gasteiger partial charge in [0.2, 0.25) is 0 Å². The lowest BCUT2D eigenvalue weighted by molar-refractivity contribution is 0.112. The van der Waals surface area contributed by atoms with E-state index in [4.69, 9.17) is 4.74 Å². The molecule has 3 rings (SSSR count). The van der Waals surface area contributed by atoms with E-state index >= 15 is 0 Å². The Hall–Kier alpha value is -2.13. The predicted octanol–water partition coefficient (Wildman–Crippen LogP) is 5.52. The minimum Gasteiger partial charge on any atom is -0.457 e. The molecule has 0 bridgehead atoms. The Labute approximate surface area is 131 Å². The van der Waals surface area contributed by atoms with Gasteiger partial charge in [0, 0.05) is 10.0 Å². The van der Waals surface area contributed by atoms with Crippen LogP contribution in [0, 0.1) is 6.92 Å². The minimum atomic E-state index is 0.686. The fourth-order valence-corrected chi connectivity index (χ4v) is 2.62. The van der Waals surface area contributed by atoms with Gasteiger partial charge in [-0.3, -0.25) is 4.79 Å². The van der Waals surface area contributed by atoms with Crippen LogP contribution in [0.2, 0.25) is 0 Å². The Bertz CT molecular complexity index is 825. The Morgan fingerprint density at radius 3 is 2.33 bits per heavy atom. The Morgan fingerprint density at radius 2 is 1.57 bits per heavy atom. The zero-order valence-corrected chi connectivity index (χ0v) is 13.1. The lowest BCUT2D eigenvalue weighted by Crippen LogP contribution is -1.89. The van der Waals surface area contributed by atoms with E-state index < -0.39 is 0 Å². The second-order valence-corrected chi connectivity index (χ2v) is 5.81. The lowest BCUT2D eigenvalue weighted by Gasteiger charge is -2.08. The molecule has 0 heterocycles. The largest absolute Gasteiger partial charge is 0.457 e. The van der Waals surface area contributed by atoms with E-state index in [1.165, 1.54) is 0 Å². The maximum Gasteiger partial charge on any atom is 0.150 e. The van der Waals surface area contributed by atoms with E-state index in [2.05, 4.69) is 22.0 Å². The molecule has 0 aromatic heterocycles. The molecule has 0 fully saturated rings. The lowest BCUT2D eigenvalue weighted by atomic mass is 10.1. The van der Waals surface area contributed by atoms with Crippen LogP contribution in [0.25, 0.3) is 10.8 Å². The van der Waals surface area contributed by atoms with Gasteiger partial charge in [0.1, 0.15) is 17.8 Å². The highest BCUT2D eigenvalue weighted by Gasteiger charge is 2.03. The molecule has 0 saturated heterocycles. The molecule has 3 aromatic rings. The van der Waals surface area contributed by atoms with Crippen molar-refractivity contribution in [1.29, 1.82) is 0 Å². The molecule has 0 N–H and O–H groups in total. The average molecular weight is 341 g/mol. The fraction of sp³-hybridized carbons (Fsp3) is 0.0556. The molecule has 0 aliphatic carbocycles. The molecule has 0 aliphatic rings. The van der Waals surface area contributed by atoms with Gasteiger partial charge in [0.05, 0.1) is 0 Å². The number of rotatable bonds is 3. The van der Waals surface area contributed by atoms with Crippen molar-refractivity contribution in [1.82, 2.24) is 0 Å². The second kappa shape index (κ2) is 5.70. The molecule has 3 aromatic carbocycles. The zero-order chi connectivity index (χ0) is 14.8. The number of carbonyl (C=O) groups is 1. The SMILES string of the molecule is Cc1cc(Oc2ccc3cc(Br)ccc3c2)ccc1C=O. The summed E-state index contributed by atoms with van der Waals surface area (Å²) in [6.45, 7) is 1.90. The van der Waals surface area contributed by atoms with Gasteiger partial charge in [0.15, 0.2) is 0 Å². The van der Waals surface area contributed by atoms with Crippen molar-refractivity contribution in [3.63, 3.8) is 0 Å². The van der Waals surface area contributed by atoms with Crippen LogP contribution < -0.4 is 4.74 Å². The molecule has 0 spiro atoms. The summed E-state index contributed by atoms with van der Waals surface area (Å²) in [4.78, 5) is 10.8. The molecular formula is C18H13BrO2. The predicted molar refractivity (Wildman–Crippen MR) is 88.3 cm³/mol. The molecule has 0 radical (unpaired) electrons. The zero-order valence-electron chi connectivity index (χ0n) is 11.5. The van der Waals surface area contributed by atoms with E-state index in [1.54, 1.807) is 6.07 Å². The number of ether oxygens (including phenoxy) is 1. The molecular weight excluding hydrogens is 328 g/mol. The van der Waals surface area contributed by atoms with Gasteiger partial charge in [-0.2, -0.15) is 0 Å². The number of hydrogen-bond acceptors (Lipinski definition) is 2. The molecule has 3 heteroatoms. The topological polar surface area (TPSA) is 26.3 Å². The molecule has 2 nitrogen and oxygen atoms in total. The van der Waals surface area contributed by atoms with Crippen LogP contribution in [0.5, 0.6) is 11.5 Å². The third-order valence-electron chi connectivity index (χ3n) is 3.38. The Morgan fingerprint density at radius 1 is 0.905 bits per heavy atom. The summed E-state index contributed by atoms with van der Waals surface area (Å²) < 4.78 is 6.93. The first-order valence-electron chi connectivity index (χ1n) is 6.59. The molecule has 0 amide bonds. The van der Waals surface area contributed by atoms with Crippen LogP contribution in [0.1, 0.15) is 15.9 Å². The summed E-state index contributed by atoms with van der Waals surface area (Å²) in [7, 11) is 0. The molecule has 104 valence electrons. The van der Waals surface area contributed by atoms with Gasteiger partial charge in [-0.1, -0.05) is 28.1 Å². The van der Waals surface area contributed by atoms with Crippen LogP contribution in [0.15, 0.2) is 59.1 Å². The highest BCUT2D eigenvalue weighted by Crippen LogP contribution is 2.28. The first-order chi connectivity index (χ1) is 10.2. The van der Waals surface area contributed by atoms with E-state index in [0.29, 0.717) is 5.56 Å². The number of aryl methyl sites for hydroxylation is 1. The van der Waals surface area contributed by atoms with Crippen molar-refractivity contribution in [3.8, 4) is 11.5 Å². The molecule has 0 atom stereocenters. The summed E-state index contributed by atoms with van der Waals surface area (Å²) >= 11 is 3.47. The van der Waals surface area contributed by atoms with Crippen molar-refractivity contribution < 1.29 is 9.53 Å². The highest BCUT2D eigenvalue weighted by atomic mass is 79.9. The van der Waals surface area contributed by atoms with Gasteiger partial charge < -0.3 is 4.74 Å². The first-order valence-corrected chi connectivity index (χ1v) is 7.38. The Kier molecular flexibility index (Phi) is 3.76. The quantitative estimate of drug-likeness (QED) is 0.587. The van der Waals surface area contributed by atoms with Gasteiger partial charge in [0.25, 0.3) is 0 Å². The van der Waals surface area contributed by atoms with Crippen molar-refractivity contribution in [2.75, 3.05) is 0 Å². The summed E-state index contributed by atoms with van der Waals surface area (Å²) in [5.74, 6) is 1.51. The first kappa shape index (κ1) is 13.8. The van der Waals surface area contributed by atoms with Crippen molar-refractivity contribution in [2.24, 2.45) is 0 Å². The smallest absolute Gasteiger partial charge is 0.150 e. The fourth-order valence-electron chi connectivity index (χ4n) is 2.24. The van der Waals surface area contributed by atoms with Gasteiger partial charge in [-0.25, -0.2) is 0 Å². The normalized spacial score (nSPS) is 10.6. The van der Waals surface area contributed by atoms with E-state index in [0.717, 1.165) is 38.6 Å². The van der Waals surface area contributed by atoms with Crippen LogP contribution in [-0.2, 0) is 0 Å². The summed E-state index contributed by atoms with van der Waals surface area (Å²) in [6, 6.07) is 17.6. The molecule has 0 saturated carbocycles. The number of fused-ring (bicyclic) bond motifs is 1. The van der Waals surface area contributed by atoms with E-state index in [9.17, 15) is 4.79 Å². The number of aldehydes is 1.